The van der Waals surface area contributed by atoms with Gasteiger partial charge >= 0.3 is 5.97 Å². The quantitative estimate of drug-likeness (QED) is 0.448. The number of nitrogens with two attached hydrogens (primary N) is 1. The fourth-order valence-corrected chi connectivity index (χ4v) is 1.99. The van der Waals surface area contributed by atoms with Crippen LogP contribution in [0, 0.1) is 11.3 Å². The normalized spacial score (nSPS) is 11.8. The Morgan fingerprint density at radius 1 is 1.47 bits per heavy atom. The smallest absolute Gasteiger partial charge is 0.306 e. The number of para-hydroxylation sites is 1. The first-order chi connectivity index (χ1) is 9.04. The van der Waals surface area contributed by atoms with Crippen LogP contribution in [-0.2, 0) is 11.2 Å². The molecule has 0 fully saturated rings. The van der Waals surface area contributed by atoms with E-state index in [1.54, 1.807) is 6.07 Å². The van der Waals surface area contributed by atoms with Crippen molar-refractivity contribution in [3.05, 3.63) is 29.8 Å². The van der Waals surface area contributed by atoms with Crippen LogP contribution in [0.2, 0.25) is 0 Å². The Labute approximate surface area is 113 Å². The lowest BCUT2D eigenvalue weighted by molar-refractivity contribution is -0.141. The van der Waals surface area contributed by atoms with E-state index < -0.39 is 11.9 Å². The average Bonchev–Trinajstić information content (AvgIpc) is 2.35. The highest BCUT2D eigenvalue weighted by atomic mass is 16.4. The molecule has 1 unspecified atom stereocenters. The van der Waals surface area contributed by atoms with Gasteiger partial charge in [0.15, 0.2) is 5.96 Å². The second-order valence-corrected chi connectivity index (χ2v) is 4.58. The first-order valence-corrected chi connectivity index (χ1v) is 6.46. The number of carboxylic acids is 1. The van der Waals surface area contributed by atoms with Crippen LogP contribution in [0.4, 0.5) is 5.69 Å². The molecule has 0 aromatic heterocycles. The van der Waals surface area contributed by atoms with Crippen molar-refractivity contribution in [3.63, 3.8) is 0 Å². The van der Waals surface area contributed by atoms with E-state index in [1.807, 2.05) is 25.1 Å². The van der Waals surface area contributed by atoms with Crippen LogP contribution in [-0.4, -0.2) is 17.0 Å². The molecule has 5 N–H and O–H groups in total. The summed E-state index contributed by atoms with van der Waals surface area (Å²) in [6, 6.07) is 7.36. The Hall–Kier alpha value is -2.04. The zero-order chi connectivity index (χ0) is 14.3. The van der Waals surface area contributed by atoms with Gasteiger partial charge in [-0.25, -0.2) is 0 Å². The van der Waals surface area contributed by atoms with Crippen molar-refractivity contribution in [2.24, 2.45) is 11.7 Å². The summed E-state index contributed by atoms with van der Waals surface area (Å²) in [5.41, 5.74) is 6.90. The van der Waals surface area contributed by atoms with Crippen LogP contribution >= 0.6 is 0 Å². The number of hydrogen-bond acceptors (Lipinski definition) is 2. The number of anilines is 1. The van der Waals surface area contributed by atoms with E-state index in [1.165, 1.54) is 0 Å². The van der Waals surface area contributed by atoms with Gasteiger partial charge < -0.3 is 16.2 Å². The van der Waals surface area contributed by atoms with Gasteiger partial charge in [-0.2, -0.15) is 0 Å². The zero-order valence-corrected chi connectivity index (χ0v) is 11.1. The summed E-state index contributed by atoms with van der Waals surface area (Å²) in [6.45, 7) is 2.05. The Balaban J connectivity index is 2.83. The third kappa shape index (κ3) is 4.99. The van der Waals surface area contributed by atoms with E-state index in [4.69, 9.17) is 11.1 Å². The first kappa shape index (κ1) is 15.0. The van der Waals surface area contributed by atoms with Gasteiger partial charge in [-0.1, -0.05) is 38.0 Å². The van der Waals surface area contributed by atoms with Crippen LogP contribution in [0.1, 0.15) is 31.7 Å². The van der Waals surface area contributed by atoms with Crippen LogP contribution in [0.3, 0.4) is 0 Å². The van der Waals surface area contributed by atoms with E-state index in [0.717, 1.165) is 18.4 Å². The number of unbranched alkanes of at least 4 members (excludes halogenated alkanes) is 1. The molecule has 5 nitrogen and oxygen atoms in total. The Kier molecular flexibility index (Phi) is 5.85. The summed E-state index contributed by atoms with van der Waals surface area (Å²) in [4.78, 5) is 11.3. The second-order valence-electron chi connectivity index (χ2n) is 4.58. The molecule has 1 aromatic rings. The molecule has 0 saturated carbocycles. The predicted molar refractivity (Wildman–Crippen MR) is 76.3 cm³/mol. The van der Waals surface area contributed by atoms with Crippen LogP contribution in [0.5, 0.6) is 0 Å². The minimum atomic E-state index is -0.772. The Morgan fingerprint density at radius 2 is 2.16 bits per heavy atom. The molecule has 0 amide bonds. The predicted octanol–water partition coefficient (Wildman–Crippen LogP) is 2.43. The minimum Gasteiger partial charge on any atom is -0.481 e. The fraction of sp³-hybridized carbons (Fsp3) is 0.429. The van der Waals surface area contributed by atoms with Gasteiger partial charge in [-0.3, -0.25) is 10.2 Å². The fourth-order valence-electron chi connectivity index (χ4n) is 1.99. The molecule has 19 heavy (non-hydrogen) atoms. The molecule has 0 radical (unpaired) electrons. The molecule has 1 rings (SSSR count). The lowest BCUT2D eigenvalue weighted by Gasteiger charge is -2.15. The number of benzene rings is 1. The van der Waals surface area contributed by atoms with Gasteiger partial charge in [0.2, 0.25) is 0 Å². The number of nitrogens with one attached hydrogen (secondary N) is 2. The zero-order valence-electron chi connectivity index (χ0n) is 11.1. The van der Waals surface area contributed by atoms with Crippen molar-refractivity contribution in [1.82, 2.24) is 0 Å². The Morgan fingerprint density at radius 3 is 2.74 bits per heavy atom. The van der Waals surface area contributed by atoms with E-state index in [2.05, 4.69) is 5.32 Å². The van der Waals surface area contributed by atoms with Gasteiger partial charge in [0.1, 0.15) is 0 Å². The van der Waals surface area contributed by atoms with Gasteiger partial charge in [0.25, 0.3) is 0 Å². The lowest BCUT2D eigenvalue weighted by Crippen LogP contribution is -2.22. The second kappa shape index (κ2) is 7.41. The summed E-state index contributed by atoms with van der Waals surface area (Å²) in [5.74, 6) is -1.31. The molecule has 1 atom stereocenters. The highest BCUT2D eigenvalue weighted by Gasteiger charge is 2.18. The largest absolute Gasteiger partial charge is 0.481 e. The third-order valence-corrected chi connectivity index (χ3v) is 3.01. The van der Waals surface area contributed by atoms with Crippen molar-refractivity contribution in [3.8, 4) is 0 Å². The van der Waals surface area contributed by atoms with Crippen molar-refractivity contribution in [2.75, 3.05) is 5.32 Å². The average molecular weight is 263 g/mol. The summed E-state index contributed by atoms with van der Waals surface area (Å²) in [7, 11) is 0. The van der Waals surface area contributed by atoms with Crippen LogP contribution in [0.15, 0.2) is 24.3 Å². The standard InChI is InChI=1S/C14H21N3O2/c1-2-3-6-11(13(18)19)9-10-7-4-5-8-12(10)17-14(15)16/h4-5,7-8,11H,2-3,6,9H2,1H3,(H,18,19)(H4,15,16,17). The minimum absolute atomic E-state index is 0.145. The third-order valence-electron chi connectivity index (χ3n) is 3.01. The topological polar surface area (TPSA) is 99.2 Å². The molecule has 0 bridgehead atoms. The van der Waals surface area contributed by atoms with Crippen molar-refractivity contribution in [2.45, 2.75) is 32.6 Å². The summed E-state index contributed by atoms with van der Waals surface area (Å²) >= 11 is 0. The van der Waals surface area contributed by atoms with E-state index in [-0.39, 0.29) is 5.96 Å². The van der Waals surface area contributed by atoms with Gasteiger partial charge in [-0.15, -0.1) is 0 Å². The number of aliphatic carboxylic acids is 1. The summed E-state index contributed by atoms with van der Waals surface area (Å²) < 4.78 is 0. The highest BCUT2D eigenvalue weighted by molar-refractivity contribution is 5.90. The monoisotopic (exact) mass is 263 g/mol. The number of guanidine groups is 1. The lowest BCUT2D eigenvalue weighted by atomic mass is 9.93. The van der Waals surface area contributed by atoms with E-state index in [0.29, 0.717) is 18.5 Å². The number of carboxylic acid groups (broad SMARTS) is 1. The van der Waals surface area contributed by atoms with Crippen LogP contribution in [0.25, 0.3) is 0 Å². The van der Waals surface area contributed by atoms with Crippen LogP contribution < -0.4 is 11.1 Å². The molecule has 0 aliphatic carbocycles. The molecule has 1 aromatic carbocycles. The molecular weight excluding hydrogens is 242 g/mol. The van der Waals surface area contributed by atoms with Gasteiger partial charge in [0.05, 0.1) is 5.92 Å². The molecule has 0 heterocycles. The Bertz CT molecular complexity index is 446. The first-order valence-electron chi connectivity index (χ1n) is 6.46. The maximum Gasteiger partial charge on any atom is 0.306 e. The molecule has 104 valence electrons. The number of hydrogen-bond donors (Lipinski definition) is 4. The number of rotatable bonds is 7. The van der Waals surface area contributed by atoms with Crippen molar-refractivity contribution in [1.29, 1.82) is 5.41 Å². The molecule has 5 heteroatoms. The maximum atomic E-state index is 11.3. The van der Waals surface area contributed by atoms with Gasteiger partial charge in [-0.05, 0) is 24.5 Å². The maximum absolute atomic E-state index is 11.3. The highest BCUT2D eigenvalue weighted by Crippen LogP contribution is 2.22. The molecule has 0 saturated heterocycles. The SMILES string of the molecule is CCCCC(Cc1ccccc1NC(=N)N)C(=O)O. The molecule has 0 aliphatic rings. The number of carbonyl (C=O) groups is 1. The van der Waals surface area contributed by atoms with E-state index in [9.17, 15) is 9.90 Å². The van der Waals surface area contributed by atoms with Gasteiger partial charge in [0, 0.05) is 5.69 Å². The van der Waals surface area contributed by atoms with Crippen molar-refractivity contribution < 1.29 is 9.90 Å². The molecular formula is C14H21N3O2. The summed E-state index contributed by atoms with van der Waals surface area (Å²) in [6.07, 6.45) is 3.00. The van der Waals surface area contributed by atoms with E-state index >= 15 is 0 Å². The summed E-state index contributed by atoms with van der Waals surface area (Å²) in [5, 5.41) is 19.2. The molecule has 0 spiro atoms. The molecule has 0 aliphatic heterocycles. The van der Waals surface area contributed by atoms with Crippen molar-refractivity contribution >= 4 is 17.6 Å².